The summed E-state index contributed by atoms with van der Waals surface area (Å²) in [6.07, 6.45) is -9.00. The molecule has 0 aliphatic heterocycles. The zero-order valence-corrected chi connectivity index (χ0v) is 12.0. The van der Waals surface area contributed by atoms with Crippen LogP contribution in [0.2, 0.25) is 0 Å². The number of hydrogen-bond donors (Lipinski definition) is 1. The Labute approximate surface area is 133 Å². The topological polar surface area (TPSA) is 29.1 Å². The second kappa shape index (κ2) is 6.54. The smallest absolute Gasteiger partial charge is 0.348 e. The summed E-state index contributed by atoms with van der Waals surface area (Å²) < 4.78 is 75.1. The van der Waals surface area contributed by atoms with Crippen LogP contribution in [0.25, 0.3) is 0 Å². The van der Waals surface area contributed by atoms with E-state index in [1.54, 1.807) is 0 Å². The van der Waals surface area contributed by atoms with Crippen LogP contribution in [0.4, 0.5) is 26.3 Å². The Morgan fingerprint density at radius 1 is 0.833 bits per heavy atom. The first-order valence-corrected chi connectivity index (χ1v) is 6.69. The van der Waals surface area contributed by atoms with Crippen molar-refractivity contribution in [1.82, 2.24) is 5.32 Å². The highest BCUT2D eigenvalue weighted by molar-refractivity contribution is 5.94. The van der Waals surface area contributed by atoms with E-state index in [1.807, 2.05) is 0 Å². The van der Waals surface area contributed by atoms with E-state index in [-0.39, 0.29) is 17.7 Å². The van der Waals surface area contributed by atoms with E-state index < -0.39 is 29.4 Å². The quantitative estimate of drug-likeness (QED) is 0.805. The maximum absolute atomic E-state index is 12.6. The normalized spacial score (nSPS) is 12.1. The monoisotopic (exact) mass is 347 g/mol. The highest BCUT2D eigenvalue weighted by atomic mass is 19.4. The van der Waals surface area contributed by atoms with Gasteiger partial charge in [-0.15, -0.1) is 0 Å². The molecule has 0 bridgehead atoms. The van der Waals surface area contributed by atoms with Crippen LogP contribution in [0.5, 0.6) is 0 Å². The summed E-state index contributed by atoms with van der Waals surface area (Å²) in [4.78, 5) is 11.8. The first-order chi connectivity index (χ1) is 11.1. The summed E-state index contributed by atoms with van der Waals surface area (Å²) >= 11 is 0. The second-order valence-electron chi connectivity index (χ2n) is 4.96. The van der Waals surface area contributed by atoms with Crippen molar-refractivity contribution in [1.29, 1.82) is 0 Å². The minimum absolute atomic E-state index is 0.0185. The zero-order valence-electron chi connectivity index (χ0n) is 12.0. The van der Waals surface area contributed by atoms with Crippen molar-refractivity contribution in [3.8, 4) is 0 Å². The first-order valence-electron chi connectivity index (χ1n) is 6.69. The average molecular weight is 347 g/mol. The van der Waals surface area contributed by atoms with Gasteiger partial charge in [-0.1, -0.05) is 12.1 Å². The highest BCUT2D eigenvalue weighted by Gasteiger charge is 2.31. The summed E-state index contributed by atoms with van der Waals surface area (Å²) in [6.45, 7) is -0.177. The van der Waals surface area contributed by atoms with Gasteiger partial charge in [0, 0.05) is 12.1 Å². The Morgan fingerprint density at radius 2 is 1.42 bits per heavy atom. The van der Waals surface area contributed by atoms with Gasteiger partial charge < -0.3 is 5.32 Å². The van der Waals surface area contributed by atoms with E-state index in [0.29, 0.717) is 0 Å². The molecule has 0 saturated carbocycles. The van der Waals surface area contributed by atoms with Crippen LogP contribution in [0.15, 0.2) is 48.5 Å². The molecule has 0 aliphatic rings. The fraction of sp³-hybridized carbons (Fsp3) is 0.188. The molecule has 0 radical (unpaired) electrons. The van der Waals surface area contributed by atoms with Gasteiger partial charge >= 0.3 is 12.4 Å². The minimum Gasteiger partial charge on any atom is -0.348 e. The van der Waals surface area contributed by atoms with E-state index in [2.05, 4.69) is 5.32 Å². The van der Waals surface area contributed by atoms with Crippen molar-refractivity contribution in [3.05, 3.63) is 70.8 Å². The van der Waals surface area contributed by atoms with Gasteiger partial charge in [-0.2, -0.15) is 26.3 Å². The average Bonchev–Trinajstić information content (AvgIpc) is 2.51. The number of carbonyl (C=O) groups excluding carboxylic acids is 1. The third-order valence-electron chi connectivity index (χ3n) is 3.18. The lowest BCUT2D eigenvalue weighted by atomic mass is 10.1. The third-order valence-corrected chi connectivity index (χ3v) is 3.18. The summed E-state index contributed by atoms with van der Waals surface area (Å²) in [6, 6.07) is 7.95. The van der Waals surface area contributed by atoms with Gasteiger partial charge in [0.2, 0.25) is 0 Å². The van der Waals surface area contributed by atoms with Gasteiger partial charge in [0.1, 0.15) is 0 Å². The second-order valence-corrected chi connectivity index (χ2v) is 4.96. The van der Waals surface area contributed by atoms with Crippen LogP contribution >= 0.6 is 0 Å². The molecule has 2 aromatic carbocycles. The molecule has 0 spiro atoms. The lowest BCUT2D eigenvalue weighted by Gasteiger charge is -2.10. The molecule has 2 rings (SSSR count). The fourth-order valence-corrected chi connectivity index (χ4v) is 1.95. The van der Waals surface area contributed by atoms with Crippen molar-refractivity contribution in [2.24, 2.45) is 0 Å². The number of nitrogens with one attached hydrogen (secondary N) is 1. The molecular weight excluding hydrogens is 336 g/mol. The predicted octanol–water partition coefficient (Wildman–Crippen LogP) is 4.65. The largest absolute Gasteiger partial charge is 0.416 e. The number of benzene rings is 2. The highest BCUT2D eigenvalue weighted by Crippen LogP contribution is 2.30. The van der Waals surface area contributed by atoms with Gasteiger partial charge in [-0.25, -0.2) is 0 Å². The minimum atomic E-state index is -4.51. The number of alkyl halides is 6. The van der Waals surface area contributed by atoms with E-state index in [4.69, 9.17) is 0 Å². The van der Waals surface area contributed by atoms with E-state index in [1.165, 1.54) is 12.1 Å². The molecule has 8 heteroatoms. The van der Waals surface area contributed by atoms with Gasteiger partial charge in [0.25, 0.3) is 5.91 Å². The van der Waals surface area contributed by atoms with E-state index >= 15 is 0 Å². The van der Waals surface area contributed by atoms with Gasteiger partial charge in [-0.3, -0.25) is 4.79 Å². The van der Waals surface area contributed by atoms with Crippen LogP contribution in [0.1, 0.15) is 27.0 Å². The lowest BCUT2D eigenvalue weighted by Crippen LogP contribution is -2.23. The van der Waals surface area contributed by atoms with Gasteiger partial charge in [0.05, 0.1) is 11.1 Å². The molecular formula is C16H11F6NO. The molecule has 2 nitrogen and oxygen atoms in total. The first kappa shape index (κ1) is 17.8. The van der Waals surface area contributed by atoms with Gasteiger partial charge in [0.15, 0.2) is 0 Å². The van der Waals surface area contributed by atoms with Crippen molar-refractivity contribution in [2.45, 2.75) is 18.9 Å². The number of carbonyl (C=O) groups is 1. The molecule has 0 saturated heterocycles. The Hall–Kier alpha value is -2.51. The number of rotatable bonds is 3. The standard InChI is InChI=1S/C16H11F6NO/c17-15(18,19)12-6-4-11(5-7-12)14(24)23-9-10-2-1-3-13(8-10)16(20,21)22/h1-8H,9H2,(H,23,24). The van der Waals surface area contributed by atoms with Crippen molar-refractivity contribution in [3.63, 3.8) is 0 Å². The zero-order chi connectivity index (χ0) is 18.0. The van der Waals surface area contributed by atoms with E-state index in [0.717, 1.165) is 36.4 Å². The number of amides is 1. The molecule has 24 heavy (non-hydrogen) atoms. The summed E-state index contributed by atoms with van der Waals surface area (Å²) in [5.41, 5.74) is -1.53. The Bertz CT molecular complexity index is 719. The van der Waals surface area contributed by atoms with Crippen LogP contribution in [0.3, 0.4) is 0 Å². The Kier molecular flexibility index (Phi) is 4.86. The third kappa shape index (κ3) is 4.50. The van der Waals surface area contributed by atoms with Crippen LogP contribution in [-0.4, -0.2) is 5.91 Å². The molecule has 0 unspecified atom stereocenters. The Balaban J connectivity index is 2.03. The maximum Gasteiger partial charge on any atom is 0.416 e. The number of halogens is 6. The molecule has 1 amide bonds. The Morgan fingerprint density at radius 3 is 1.96 bits per heavy atom. The summed E-state index contributed by atoms with van der Waals surface area (Å²) in [5.74, 6) is -0.680. The van der Waals surface area contributed by atoms with Gasteiger partial charge in [-0.05, 0) is 42.0 Å². The van der Waals surface area contributed by atoms with Crippen LogP contribution in [-0.2, 0) is 18.9 Å². The van der Waals surface area contributed by atoms with E-state index in [9.17, 15) is 31.1 Å². The maximum atomic E-state index is 12.6. The van der Waals surface area contributed by atoms with Crippen molar-refractivity contribution >= 4 is 5.91 Å². The molecule has 2 aromatic rings. The summed E-state index contributed by atoms with van der Waals surface area (Å²) in [7, 11) is 0. The van der Waals surface area contributed by atoms with Crippen LogP contribution in [0, 0.1) is 0 Å². The van der Waals surface area contributed by atoms with Crippen molar-refractivity contribution < 1.29 is 31.1 Å². The molecule has 0 aromatic heterocycles. The summed E-state index contributed by atoms with van der Waals surface area (Å²) in [5, 5.41) is 2.36. The molecule has 0 heterocycles. The SMILES string of the molecule is O=C(NCc1cccc(C(F)(F)F)c1)c1ccc(C(F)(F)F)cc1. The lowest BCUT2D eigenvalue weighted by molar-refractivity contribution is -0.138. The molecule has 0 fully saturated rings. The number of hydrogen-bond acceptors (Lipinski definition) is 1. The molecule has 0 aliphatic carbocycles. The fourth-order valence-electron chi connectivity index (χ4n) is 1.95. The van der Waals surface area contributed by atoms with Crippen molar-refractivity contribution in [2.75, 3.05) is 0 Å². The molecule has 1 N–H and O–H groups in total. The van der Waals surface area contributed by atoms with Crippen LogP contribution < -0.4 is 5.32 Å². The predicted molar refractivity (Wildman–Crippen MR) is 74.1 cm³/mol. The molecule has 128 valence electrons. The molecule has 0 atom stereocenters.